The number of hydrogen-bond acceptors (Lipinski definition) is 2. The summed E-state index contributed by atoms with van der Waals surface area (Å²) in [6, 6.07) is 0. The fraction of sp³-hybridized carbons (Fsp3) is 0.600. The Morgan fingerprint density at radius 1 is 1.13 bits per heavy atom. The van der Waals surface area contributed by atoms with Gasteiger partial charge in [-0.05, 0) is 0 Å². The number of rotatable bonds is 3. The molecule has 0 aromatic rings. The van der Waals surface area contributed by atoms with Gasteiger partial charge in [0.1, 0.15) is 0 Å². The fourth-order valence-corrected chi connectivity index (χ4v) is 1.40. The molecule has 0 aromatic heterocycles. The van der Waals surface area contributed by atoms with Crippen molar-refractivity contribution in [3.8, 4) is 0 Å². The molecule has 0 heterocycles. The zero-order chi connectivity index (χ0) is 12.5. The topological polar surface area (TPSA) is 37.4 Å². The third kappa shape index (κ3) is 3.09. The van der Waals surface area contributed by atoms with E-state index < -0.39 is 32.7 Å². The molecule has 0 saturated heterocycles. The molecule has 90 valence electrons. The van der Waals surface area contributed by atoms with Crippen molar-refractivity contribution in [2.75, 3.05) is 6.54 Å². The van der Waals surface area contributed by atoms with Gasteiger partial charge in [0.2, 0.25) is 0 Å². The highest BCUT2D eigenvalue weighted by Crippen LogP contribution is 2.33. The molecule has 0 radical (unpaired) electrons. The smallest absolute Gasteiger partial charge is 0.202 e. The molecule has 15 heavy (non-hydrogen) atoms. The van der Waals surface area contributed by atoms with E-state index in [1.54, 1.807) is 0 Å². The Kier molecular flexibility index (Phi) is 3.80. The molecule has 0 aliphatic carbocycles. The standard InChI is InChI=1S/C5H5F6NO2S/c1-2-3-12(4(6,7)8)15(13,14)5(9,10)11/h2H,1,3H2. The van der Waals surface area contributed by atoms with E-state index in [2.05, 4.69) is 6.58 Å². The van der Waals surface area contributed by atoms with Gasteiger partial charge in [0.25, 0.3) is 0 Å². The maximum Gasteiger partial charge on any atom is 0.511 e. The summed E-state index contributed by atoms with van der Waals surface area (Å²) in [4.78, 5) is 0. The minimum absolute atomic E-state index is 0.400. The molecular weight excluding hydrogens is 252 g/mol. The minimum Gasteiger partial charge on any atom is -0.202 e. The summed E-state index contributed by atoms with van der Waals surface area (Å²) < 4.78 is 90.3. The molecule has 0 aliphatic rings. The second-order valence-electron chi connectivity index (χ2n) is 2.24. The van der Waals surface area contributed by atoms with Gasteiger partial charge in [-0.3, -0.25) is 0 Å². The Balaban J connectivity index is 5.39. The molecule has 0 fully saturated rings. The molecule has 0 aliphatic heterocycles. The lowest BCUT2D eigenvalue weighted by Gasteiger charge is -2.23. The van der Waals surface area contributed by atoms with E-state index in [9.17, 15) is 34.8 Å². The lowest BCUT2D eigenvalue weighted by molar-refractivity contribution is -0.212. The first kappa shape index (κ1) is 14.2. The van der Waals surface area contributed by atoms with E-state index in [0.29, 0.717) is 6.08 Å². The molecule has 3 nitrogen and oxygen atoms in total. The molecule has 0 unspecified atom stereocenters. The van der Waals surface area contributed by atoms with Crippen LogP contribution >= 0.6 is 0 Å². The second-order valence-corrected chi connectivity index (χ2v) is 4.09. The summed E-state index contributed by atoms with van der Waals surface area (Å²) in [5, 5.41) is 0. The van der Waals surface area contributed by atoms with Crippen LogP contribution in [0.2, 0.25) is 0 Å². The van der Waals surface area contributed by atoms with E-state index in [-0.39, 0.29) is 0 Å². The van der Waals surface area contributed by atoms with E-state index in [4.69, 9.17) is 0 Å². The van der Waals surface area contributed by atoms with Crippen LogP contribution in [0, 0.1) is 0 Å². The van der Waals surface area contributed by atoms with E-state index in [1.165, 1.54) is 0 Å². The Labute approximate surface area is 81.0 Å². The van der Waals surface area contributed by atoms with Crippen molar-refractivity contribution < 1.29 is 34.8 Å². The molecule has 0 amide bonds. The number of sulfonamides is 1. The average molecular weight is 257 g/mol. The minimum atomic E-state index is -6.42. The first-order chi connectivity index (χ1) is 6.44. The van der Waals surface area contributed by atoms with E-state index >= 15 is 0 Å². The van der Waals surface area contributed by atoms with Gasteiger partial charge in [0.05, 0.1) is 0 Å². The third-order valence-corrected chi connectivity index (χ3v) is 2.68. The van der Waals surface area contributed by atoms with E-state index in [0.717, 1.165) is 0 Å². The van der Waals surface area contributed by atoms with Gasteiger partial charge in [-0.2, -0.15) is 26.3 Å². The Hall–Kier alpha value is -0.770. The lowest BCUT2D eigenvalue weighted by atomic mass is 10.6. The van der Waals surface area contributed by atoms with Gasteiger partial charge >= 0.3 is 21.8 Å². The average Bonchev–Trinajstić information content (AvgIpc) is 1.95. The summed E-state index contributed by atoms with van der Waals surface area (Å²) in [5.41, 5.74) is -5.99. The van der Waals surface area contributed by atoms with Crippen molar-refractivity contribution in [1.29, 1.82) is 0 Å². The Bertz CT molecular complexity index is 328. The van der Waals surface area contributed by atoms with Crippen LogP contribution in [0.5, 0.6) is 0 Å². The maximum atomic E-state index is 11.9. The van der Waals surface area contributed by atoms with Crippen LogP contribution in [-0.4, -0.2) is 31.1 Å². The van der Waals surface area contributed by atoms with E-state index in [1.807, 2.05) is 0 Å². The van der Waals surface area contributed by atoms with Gasteiger partial charge in [0, 0.05) is 6.54 Å². The van der Waals surface area contributed by atoms with Crippen LogP contribution in [0.15, 0.2) is 12.7 Å². The number of hydrogen-bond donors (Lipinski definition) is 0. The summed E-state index contributed by atoms with van der Waals surface area (Å²) >= 11 is 0. The van der Waals surface area contributed by atoms with Crippen LogP contribution in [0.4, 0.5) is 26.3 Å². The first-order valence-electron chi connectivity index (χ1n) is 3.21. The summed E-state index contributed by atoms with van der Waals surface area (Å²) in [6.07, 6.45) is -5.24. The zero-order valence-corrected chi connectivity index (χ0v) is 7.75. The molecule has 0 bridgehead atoms. The third-order valence-electron chi connectivity index (χ3n) is 1.16. The maximum absolute atomic E-state index is 11.9. The van der Waals surface area contributed by atoms with Gasteiger partial charge < -0.3 is 0 Å². The monoisotopic (exact) mass is 257 g/mol. The molecule has 0 N–H and O–H groups in total. The van der Waals surface area contributed by atoms with Gasteiger partial charge in [-0.1, -0.05) is 10.4 Å². The molecule has 0 aromatic carbocycles. The summed E-state index contributed by atoms with van der Waals surface area (Å²) in [7, 11) is -6.42. The second kappa shape index (κ2) is 4.00. The number of alkyl halides is 6. The van der Waals surface area contributed by atoms with Gasteiger partial charge in [0.15, 0.2) is 0 Å². The van der Waals surface area contributed by atoms with Crippen LogP contribution in [-0.2, 0) is 10.0 Å². The predicted octanol–water partition coefficient (Wildman–Crippen LogP) is 1.84. The normalized spacial score (nSPS) is 14.3. The van der Waals surface area contributed by atoms with Gasteiger partial charge in [-0.25, -0.2) is 8.42 Å². The summed E-state index contributed by atoms with van der Waals surface area (Å²) in [5.74, 6) is 0. The van der Waals surface area contributed by atoms with Crippen LogP contribution in [0.1, 0.15) is 0 Å². The molecule has 0 atom stereocenters. The predicted molar refractivity (Wildman–Crippen MR) is 37.9 cm³/mol. The molecular formula is C5H5F6NO2S. The van der Waals surface area contributed by atoms with Gasteiger partial charge in [-0.15, -0.1) is 6.58 Å². The van der Waals surface area contributed by atoms with Crippen molar-refractivity contribution in [2.45, 2.75) is 11.8 Å². The van der Waals surface area contributed by atoms with Crippen molar-refractivity contribution in [3.05, 3.63) is 12.7 Å². The quantitative estimate of drug-likeness (QED) is 0.439. The van der Waals surface area contributed by atoms with Crippen LogP contribution in [0.3, 0.4) is 0 Å². The van der Waals surface area contributed by atoms with Crippen molar-refractivity contribution in [1.82, 2.24) is 4.31 Å². The SMILES string of the molecule is C=CCN(C(F)(F)F)S(=O)(=O)C(F)(F)F. The van der Waals surface area contributed by atoms with Crippen molar-refractivity contribution >= 4 is 10.0 Å². The molecule has 0 rings (SSSR count). The van der Waals surface area contributed by atoms with Crippen LogP contribution in [0.25, 0.3) is 0 Å². The largest absolute Gasteiger partial charge is 0.511 e. The number of halogens is 6. The molecule has 0 spiro atoms. The van der Waals surface area contributed by atoms with Crippen LogP contribution < -0.4 is 0 Å². The summed E-state index contributed by atoms with van der Waals surface area (Å²) in [6.45, 7) is 1.24. The Morgan fingerprint density at radius 3 is 1.73 bits per heavy atom. The lowest BCUT2D eigenvalue weighted by Crippen LogP contribution is -2.48. The van der Waals surface area contributed by atoms with Crippen molar-refractivity contribution in [3.63, 3.8) is 0 Å². The highest BCUT2D eigenvalue weighted by molar-refractivity contribution is 7.90. The zero-order valence-electron chi connectivity index (χ0n) is 6.93. The molecule has 0 saturated carbocycles. The molecule has 10 heteroatoms. The van der Waals surface area contributed by atoms with Crippen molar-refractivity contribution in [2.24, 2.45) is 0 Å². The fourth-order valence-electron chi connectivity index (χ4n) is 0.580. The Morgan fingerprint density at radius 2 is 1.53 bits per heavy atom. The highest BCUT2D eigenvalue weighted by Gasteiger charge is 2.58. The first-order valence-corrected chi connectivity index (χ1v) is 4.65. The number of nitrogens with zero attached hydrogens (tertiary/aromatic N) is 1. The highest BCUT2D eigenvalue weighted by atomic mass is 32.2.